The monoisotopic (exact) mass is 233 g/mol. The van der Waals surface area contributed by atoms with Crippen molar-refractivity contribution < 1.29 is 19.2 Å². The fourth-order valence-corrected chi connectivity index (χ4v) is 0.897. The van der Waals surface area contributed by atoms with Gasteiger partial charge in [0.05, 0.1) is 0 Å². The maximum Gasteiger partial charge on any atom is 0.414 e. The molecule has 7 heteroatoms. The Labute approximate surface area is 94.4 Å². The Balaban J connectivity index is 4.17. The van der Waals surface area contributed by atoms with Crippen molar-refractivity contribution in [3.63, 3.8) is 0 Å². The Morgan fingerprint density at radius 1 is 1.38 bits per heavy atom. The van der Waals surface area contributed by atoms with Gasteiger partial charge >= 0.3 is 6.09 Å². The minimum absolute atomic E-state index is 0.226. The summed E-state index contributed by atoms with van der Waals surface area (Å²) in [5.41, 5.74) is 4.57. The Morgan fingerprint density at radius 3 is 2.31 bits per heavy atom. The predicted molar refractivity (Wildman–Crippen MR) is 57.1 cm³/mol. The quantitative estimate of drug-likeness (QED) is 0.571. The summed E-state index contributed by atoms with van der Waals surface area (Å²) in [6.07, 6.45) is -1.56. The molecule has 0 aliphatic heterocycles. The lowest BCUT2D eigenvalue weighted by Gasteiger charge is -2.20. The zero-order chi connectivity index (χ0) is 12.8. The minimum atomic E-state index is -0.947. The lowest BCUT2D eigenvalue weighted by molar-refractivity contribution is -0.133. The van der Waals surface area contributed by atoms with Gasteiger partial charge in [0.15, 0.2) is 6.10 Å². The first kappa shape index (κ1) is 14.8. The molecule has 0 aromatic heterocycles. The molecular weight excluding hydrogens is 214 g/mol. The number of rotatable bonds is 4. The summed E-state index contributed by atoms with van der Waals surface area (Å²) >= 11 is 0. The molecular formula is C9H19N3O4. The van der Waals surface area contributed by atoms with Gasteiger partial charge in [-0.2, -0.15) is 0 Å². The molecule has 0 radical (unpaired) electrons. The van der Waals surface area contributed by atoms with Crippen molar-refractivity contribution in [1.82, 2.24) is 5.32 Å². The number of nitrogens with one attached hydrogen (secondary N) is 1. The van der Waals surface area contributed by atoms with Crippen LogP contribution in [-0.2, 0) is 14.4 Å². The molecule has 2 amide bonds. The molecule has 0 spiro atoms. The Morgan fingerprint density at radius 2 is 1.94 bits per heavy atom. The van der Waals surface area contributed by atoms with Crippen molar-refractivity contribution in [2.24, 2.45) is 11.6 Å². The van der Waals surface area contributed by atoms with Crippen LogP contribution in [0, 0.1) is 0 Å². The third-order valence-corrected chi connectivity index (χ3v) is 1.51. The van der Waals surface area contributed by atoms with Crippen LogP contribution in [0.2, 0.25) is 0 Å². The SMILES string of the molecule is CC(C)(C)OC(=O)NC(=O)C(CCN)ON. The molecule has 0 saturated carbocycles. The molecule has 0 rings (SSSR count). The largest absolute Gasteiger partial charge is 0.444 e. The van der Waals surface area contributed by atoms with Crippen LogP contribution in [0.1, 0.15) is 27.2 Å². The minimum Gasteiger partial charge on any atom is -0.444 e. The lowest BCUT2D eigenvalue weighted by atomic mass is 10.2. The standard InChI is InChI=1S/C9H19N3O4/c1-9(2,3)15-8(14)12-7(13)6(16-11)4-5-10/h6H,4-5,10-11H2,1-3H3,(H,12,13,14). The highest BCUT2D eigenvalue weighted by Gasteiger charge is 2.23. The van der Waals surface area contributed by atoms with Crippen LogP contribution in [0.15, 0.2) is 0 Å². The summed E-state index contributed by atoms with van der Waals surface area (Å²) in [7, 11) is 0. The van der Waals surface area contributed by atoms with Gasteiger partial charge < -0.3 is 10.5 Å². The van der Waals surface area contributed by atoms with Crippen LogP contribution < -0.4 is 16.9 Å². The number of imide groups is 1. The van der Waals surface area contributed by atoms with E-state index in [1.807, 2.05) is 5.32 Å². The zero-order valence-corrected chi connectivity index (χ0v) is 9.78. The number of carbonyl (C=O) groups excluding carboxylic acids is 2. The molecule has 0 aromatic carbocycles. The molecule has 5 N–H and O–H groups in total. The van der Waals surface area contributed by atoms with E-state index >= 15 is 0 Å². The topological polar surface area (TPSA) is 117 Å². The van der Waals surface area contributed by atoms with Crippen LogP contribution in [0.25, 0.3) is 0 Å². The van der Waals surface area contributed by atoms with Crippen LogP contribution in [0.4, 0.5) is 4.79 Å². The van der Waals surface area contributed by atoms with Crippen molar-refractivity contribution in [2.75, 3.05) is 6.54 Å². The average molecular weight is 233 g/mol. The van der Waals surface area contributed by atoms with E-state index in [9.17, 15) is 9.59 Å². The first-order valence-electron chi connectivity index (χ1n) is 4.89. The molecule has 94 valence electrons. The van der Waals surface area contributed by atoms with Gasteiger partial charge in [0.1, 0.15) is 5.60 Å². The van der Waals surface area contributed by atoms with Crippen LogP contribution in [0.5, 0.6) is 0 Å². The van der Waals surface area contributed by atoms with Gasteiger partial charge in [-0.25, -0.2) is 10.7 Å². The molecule has 0 aliphatic rings. The van der Waals surface area contributed by atoms with E-state index in [2.05, 4.69) is 4.84 Å². The molecule has 0 fully saturated rings. The molecule has 0 heterocycles. The first-order valence-corrected chi connectivity index (χ1v) is 4.89. The van der Waals surface area contributed by atoms with Crippen molar-refractivity contribution in [3.8, 4) is 0 Å². The fourth-order valence-electron chi connectivity index (χ4n) is 0.897. The predicted octanol–water partition coefficient (Wildman–Crippen LogP) is -0.355. The van der Waals surface area contributed by atoms with E-state index in [-0.39, 0.29) is 13.0 Å². The number of alkyl carbamates (subject to hydrolysis) is 1. The highest BCUT2D eigenvalue weighted by molar-refractivity contribution is 5.94. The Kier molecular flexibility index (Phi) is 5.94. The summed E-state index contributed by atoms with van der Waals surface area (Å²) in [5, 5.41) is 2.01. The first-order chi connectivity index (χ1) is 7.30. The van der Waals surface area contributed by atoms with Gasteiger partial charge in [0.2, 0.25) is 0 Å². The molecule has 1 atom stereocenters. The number of hydrogen-bond donors (Lipinski definition) is 3. The summed E-state index contributed by atoms with van der Waals surface area (Å²) in [5.74, 6) is 4.23. The number of nitrogens with two attached hydrogens (primary N) is 2. The van der Waals surface area contributed by atoms with Crippen molar-refractivity contribution in [3.05, 3.63) is 0 Å². The molecule has 0 aromatic rings. The highest BCUT2D eigenvalue weighted by Crippen LogP contribution is 2.06. The summed E-state index contributed by atoms with van der Waals surface area (Å²) in [4.78, 5) is 27.0. The number of hydrogen-bond acceptors (Lipinski definition) is 6. The van der Waals surface area contributed by atoms with E-state index < -0.39 is 23.7 Å². The smallest absolute Gasteiger partial charge is 0.414 e. The van der Waals surface area contributed by atoms with Gasteiger partial charge in [-0.15, -0.1) is 0 Å². The third kappa shape index (κ3) is 6.33. The van der Waals surface area contributed by atoms with Gasteiger partial charge in [-0.1, -0.05) is 0 Å². The molecule has 0 aliphatic carbocycles. The second kappa shape index (κ2) is 6.41. The van der Waals surface area contributed by atoms with E-state index in [1.54, 1.807) is 20.8 Å². The number of amides is 2. The van der Waals surface area contributed by atoms with E-state index in [0.29, 0.717) is 0 Å². The van der Waals surface area contributed by atoms with Gasteiger partial charge in [0.25, 0.3) is 5.91 Å². The summed E-state index contributed by atoms with van der Waals surface area (Å²) < 4.78 is 4.88. The van der Waals surface area contributed by atoms with Crippen molar-refractivity contribution >= 4 is 12.0 Å². The second-order valence-electron chi connectivity index (χ2n) is 4.19. The third-order valence-electron chi connectivity index (χ3n) is 1.51. The fraction of sp³-hybridized carbons (Fsp3) is 0.778. The van der Waals surface area contributed by atoms with E-state index in [0.717, 1.165) is 0 Å². The van der Waals surface area contributed by atoms with E-state index in [1.165, 1.54) is 0 Å². The molecule has 1 unspecified atom stereocenters. The lowest BCUT2D eigenvalue weighted by Crippen LogP contribution is -2.44. The normalized spacial score (nSPS) is 13.1. The van der Waals surface area contributed by atoms with Crippen molar-refractivity contribution in [1.29, 1.82) is 0 Å². The zero-order valence-electron chi connectivity index (χ0n) is 9.78. The Hall–Kier alpha value is -1.18. The van der Waals surface area contributed by atoms with Gasteiger partial charge in [0, 0.05) is 0 Å². The van der Waals surface area contributed by atoms with Gasteiger partial charge in [-0.05, 0) is 33.7 Å². The second-order valence-corrected chi connectivity index (χ2v) is 4.19. The van der Waals surface area contributed by atoms with E-state index in [4.69, 9.17) is 16.4 Å². The molecule has 0 bridgehead atoms. The van der Waals surface area contributed by atoms with Crippen LogP contribution >= 0.6 is 0 Å². The molecule has 0 saturated heterocycles. The number of carbonyl (C=O) groups is 2. The highest BCUT2D eigenvalue weighted by atomic mass is 16.6. The maximum absolute atomic E-state index is 11.4. The summed E-state index contributed by atoms with van der Waals surface area (Å²) in [6.45, 7) is 5.29. The summed E-state index contributed by atoms with van der Waals surface area (Å²) in [6, 6.07) is 0. The Bertz CT molecular complexity index is 250. The number of ether oxygens (including phenoxy) is 1. The van der Waals surface area contributed by atoms with Gasteiger partial charge in [-0.3, -0.25) is 14.9 Å². The van der Waals surface area contributed by atoms with Crippen molar-refractivity contribution in [2.45, 2.75) is 38.9 Å². The van der Waals surface area contributed by atoms with Crippen LogP contribution in [0.3, 0.4) is 0 Å². The van der Waals surface area contributed by atoms with Crippen LogP contribution in [-0.4, -0.2) is 30.3 Å². The average Bonchev–Trinajstić information content (AvgIpc) is 2.10. The maximum atomic E-state index is 11.4. The molecule has 7 nitrogen and oxygen atoms in total. The molecule has 16 heavy (non-hydrogen) atoms.